The third kappa shape index (κ3) is 4.37. The van der Waals surface area contributed by atoms with Gasteiger partial charge in [-0.15, -0.1) is 0 Å². The van der Waals surface area contributed by atoms with Gasteiger partial charge < -0.3 is 5.11 Å². The minimum atomic E-state index is -4.39. The number of thioether (sulfide) groups is 1. The summed E-state index contributed by atoms with van der Waals surface area (Å²) in [6, 6.07) is 5.50. The van der Waals surface area contributed by atoms with E-state index in [1.54, 1.807) is 18.2 Å². The summed E-state index contributed by atoms with van der Waals surface area (Å²) in [6.07, 6.45) is -0.433. The number of nitrogens with one attached hydrogen (secondary N) is 1. The van der Waals surface area contributed by atoms with E-state index in [9.17, 15) is 18.3 Å². The SMILES string of the molecule is CSC(C1CC1)C(CO)N[C@@H](c1ccccc1)C(F)(F)F. The molecule has 1 saturated carbocycles. The first-order valence-electron chi connectivity index (χ1n) is 6.98. The molecule has 0 saturated heterocycles. The Labute approximate surface area is 127 Å². The lowest BCUT2D eigenvalue weighted by Gasteiger charge is -2.31. The molecule has 1 aromatic rings. The molecule has 21 heavy (non-hydrogen) atoms. The fourth-order valence-electron chi connectivity index (χ4n) is 2.60. The van der Waals surface area contributed by atoms with Crippen LogP contribution in [0, 0.1) is 5.92 Å². The minimum absolute atomic E-state index is 0.0172. The Bertz CT molecular complexity index is 436. The first kappa shape index (κ1) is 16.6. The van der Waals surface area contributed by atoms with Crippen LogP contribution in [-0.2, 0) is 0 Å². The first-order chi connectivity index (χ1) is 9.97. The van der Waals surface area contributed by atoms with Crippen molar-refractivity contribution in [2.45, 2.75) is 36.4 Å². The molecule has 6 heteroatoms. The molecule has 1 aliphatic carbocycles. The van der Waals surface area contributed by atoms with Crippen LogP contribution in [0.4, 0.5) is 13.2 Å². The Kier molecular flexibility index (Phi) is 5.57. The van der Waals surface area contributed by atoms with Crippen LogP contribution in [0.1, 0.15) is 24.4 Å². The second-order valence-electron chi connectivity index (χ2n) is 5.38. The molecule has 2 rings (SSSR count). The van der Waals surface area contributed by atoms with E-state index in [1.165, 1.54) is 23.9 Å². The van der Waals surface area contributed by atoms with Crippen molar-refractivity contribution in [1.29, 1.82) is 0 Å². The van der Waals surface area contributed by atoms with Crippen LogP contribution in [0.5, 0.6) is 0 Å². The highest BCUT2D eigenvalue weighted by Crippen LogP contribution is 2.41. The Morgan fingerprint density at radius 1 is 1.29 bits per heavy atom. The zero-order chi connectivity index (χ0) is 15.5. The van der Waals surface area contributed by atoms with E-state index in [0.29, 0.717) is 5.92 Å². The van der Waals surface area contributed by atoms with E-state index >= 15 is 0 Å². The molecule has 0 heterocycles. The molecule has 1 aromatic carbocycles. The summed E-state index contributed by atoms with van der Waals surface area (Å²) in [7, 11) is 0. The van der Waals surface area contributed by atoms with E-state index in [1.807, 2.05) is 6.26 Å². The second kappa shape index (κ2) is 7.03. The van der Waals surface area contributed by atoms with Gasteiger partial charge in [0.15, 0.2) is 0 Å². The van der Waals surface area contributed by atoms with Gasteiger partial charge in [-0.2, -0.15) is 24.9 Å². The van der Waals surface area contributed by atoms with Gasteiger partial charge in [0.1, 0.15) is 6.04 Å². The Hall–Kier alpha value is -0.720. The van der Waals surface area contributed by atoms with Gasteiger partial charge in [0, 0.05) is 11.3 Å². The third-order valence-corrected chi connectivity index (χ3v) is 5.05. The van der Waals surface area contributed by atoms with Crippen LogP contribution in [-0.4, -0.2) is 35.4 Å². The first-order valence-corrected chi connectivity index (χ1v) is 8.27. The number of halogens is 3. The van der Waals surface area contributed by atoms with Gasteiger partial charge >= 0.3 is 6.18 Å². The van der Waals surface area contributed by atoms with E-state index < -0.39 is 18.3 Å². The van der Waals surface area contributed by atoms with Crippen molar-refractivity contribution in [3.05, 3.63) is 35.9 Å². The number of aliphatic hydroxyl groups excluding tert-OH is 1. The largest absolute Gasteiger partial charge is 0.407 e. The summed E-state index contributed by atoms with van der Waals surface area (Å²) >= 11 is 1.53. The Balaban J connectivity index is 2.17. The molecule has 2 N–H and O–H groups in total. The van der Waals surface area contributed by atoms with Crippen molar-refractivity contribution in [2.75, 3.05) is 12.9 Å². The van der Waals surface area contributed by atoms with E-state index in [-0.39, 0.29) is 17.4 Å². The molecular weight excluding hydrogens is 299 g/mol. The fourth-order valence-corrected chi connectivity index (χ4v) is 3.75. The standard InChI is InChI=1S/C15H20F3NOS/c1-21-13(10-7-8-10)12(9-20)19-14(15(16,17)18)11-5-3-2-4-6-11/h2-6,10,12-14,19-20H,7-9H2,1H3/t12?,13?,14-/m0/s1. The van der Waals surface area contributed by atoms with Crippen molar-refractivity contribution < 1.29 is 18.3 Å². The van der Waals surface area contributed by atoms with E-state index in [4.69, 9.17) is 0 Å². The quantitative estimate of drug-likeness (QED) is 0.808. The topological polar surface area (TPSA) is 32.3 Å². The Morgan fingerprint density at radius 3 is 2.33 bits per heavy atom. The summed E-state index contributed by atoms with van der Waals surface area (Å²) in [5.74, 6) is 0.411. The van der Waals surface area contributed by atoms with Crippen LogP contribution < -0.4 is 5.32 Å². The molecule has 3 atom stereocenters. The molecule has 2 nitrogen and oxygen atoms in total. The number of alkyl halides is 3. The number of hydrogen-bond donors (Lipinski definition) is 2. The van der Waals surface area contributed by atoms with E-state index in [2.05, 4.69) is 5.32 Å². The summed E-state index contributed by atoms with van der Waals surface area (Å²) in [5.41, 5.74) is 0.180. The highest BCUT2D eigenvalue weighted by atomic mass is 32.2. The molecule has 0 amide bonds. The van der Waals surface area contributed by atoms with Gasteiger partial charge in [0.05, 0.1) is 6.61 Å². The lowest BCUT2D eigenvalue weighted by Crippen LogP contribution is -2.48. The van der Waals surface area contributed by atoms with Gasteiger partial charge in [-0.25, -0.2) is 0 Å². The maximum atomic E-state index is 13.3. The van der Waals surface area contributed by atoms with Gasteiger partial charge in [0.25, 0.3) is 0 Å². The summed E-state index contributed by atoms with van der Waals surface area (Å²) in [6.45, 7) is -0.290. The molecule has 0 aliphatic heterocycles. The molecule has 1 aliphatic rings. The van der Waals surface area contributed by atoms with Gasteiger partial charge in [0.2, 0.25) is 0 Å². The van der Waals surface area contributed by atoms with Crippen molar-refractivity contribution in [3.8, 4) is 0 Å². The highest BCUT2D eigenvalue weighted by Gasteiger charge is 2.44. The molecule has 2 unspecified atom stereocenters. The molecule has 0 aromatic heterocycles. The molecule has 0 bridgehead atoms. The fraction of sp³-hybridized carbons (Fsp3) is 0.600. The summed E-state index contributed by atoms with van der Waals surface area (Å²) in [4.78, 5) is 0. The number of benzene rings is 1. The molecule has 1 fully saturated rings. The lowest BCUT2D eigenvalue weighted by atomic mass is 10.0. The molecule has 0 spiro atoms. The van der Waals surface area contributed by atoms with Gasteiger partial charge in [-0.1, -0.05) is 30.3 Å². The van der Waals surface area contributed by atoms with Crippen molar-refractivity contribution in [2.24, 2.45) is 5.92 Å². The minimum Gasteiger partial charge on any atom is -0.395 e. The maximum absolute atomic E-state index is 13.3. The second-order valence-corrected chi connectivity index (χ2v) is 6.39. The average molecular weight is 319 g/mol. The molecule has 118 valence electrons. The highest BCUT2D eigenvalue weighted by molar-refractivity contribution is 7.99. The predicted molar refractivity (Wildman–Crippen MR) is 79.3 cm³/mol. The zero-order valence-electron chi connectivity index (χ0n) is 11.8. The monoisotopic (exact) mass is 319 g/mol. The molecule has 0 radical (unpaired) electrons. The maximum Gasteiger partial charge on any atom is 0.407 e. The predicted octanol–water partition coefficient (Wildman–Crippen LogP) is 3.38. The van der Waals surface area contributed by atoms with Gasteiger partial charge in [-0.05, 0) is 30.6 Å². The van der Waals surface area contributed by atoms with Crippen LogP contribution >= 0.6 is 11.8 Å². The van der Waals surface area contributed by atoms with Gasteiger partial charge in [-0.3, -0.25) is 5.32 Å². The molecular formula is C15H20F3NOS. The average Bonchev–Trinajstić information content (AvgIpc) is 3.27. The zero-order valence-corrected chi connectivity index (χ0v) is 12.6. The summed E-state index contributed by atoms with van der Waals surface area (Å²) in [5, 5.41) is 12.2. The number of hydrogen-bond acceptors (Lipinski definition) is 3. The summed E-state index contributed by atoms with van der Waals surface area (Å²) < 4.78 is 40.0. The smallest absolute Gasteiger partial charge is 0.395 e. The van der Waals surface area contributed by atoms with Crippen LogP contribution in [0.3, 0.4) is 0 Å². The van der Waals surface area contributed by atoms with E-state index in [0.717, 1.165) is 12.8 Å². The van der Waals surface area contributed by atoms with Crippen molar-refractivity contribution in [3.63, 3.8) is 0 Å². The van der Waals surface area contributed by atoms with Crippen molar-refractivity contribution >= 4 is 11.8 Å². The third-order valence-electron chi connectivity index (χ3n) is 3.79. The Morgan fingerprint density at radius 2 is 1.90 bits per heavy atom. The van der Waals surface area contributed by atoms with Crippen LogP contribution in [0.25, 0.3) is 0 Å². The number of aliphatic hydroxyl groups is 1. The van der Waals surface area contributed by atoms with Crippen LogP contribution in [0.15, 0.2) is 30.3 Å². The lowest BCUT2D eigenvalue weighted by molar-refractivity contribution is -0.160. The normalized spacial score (nSPS) is 20.0. The van der Waals surface area contributed by atoms with Crippen molar-refractivity contribution in [1.82, 2.24) is 5.32 Å². The van der Waals surface area contributed by atoms with Crippen LogP contribution in [0.2, 0.25) is 0 Å². The number of rotatable bonds is 7.